The van der Waals surface area contributed by atoms with Gasteiger partial charge < -0.3 is 10.6 Å². The molecule has 2 aromatic carbocycles. The summed E-state index contributed by atoms with van der Waals surface area (Å²) in [5.41, 5.74) is 6.41. The number of nitrogens with two attached hydrogens (primary N) is 1. The monoisotopic (exact) mass is 331 g/mol. The van der Waals surface area contributed by atoms with Crippen LogP contribution in [0, 0.1) is 0 Å². The zero-order valence-electron chi connectivity index (χ0n) is 12.5. The first-order valence-electron chi connectivity index (χ1n) is 7.56. The molecule has 1 unspecified atom stereocenters. The lowest BCUT2D eigenvalue weighted by Crippen LogP contribution is -2.41. The highest BCUT2D eigenvalue weighted by Gasteiger charge is 2.38. The van der Waals surface area contributed by atoms with E-state index in [2.05, 4.69) is 0 Å². The van der Waals surface area contributed by atoms with Crippen molar-refractivity contribution in [1.29, 1.82) is 0 Å². The van der Waals surface area contributed by atoms with E-state index < -0.39 is 10.0 Å². The average molecular weight is 331 g/mol. The molecular weight excluding hydrogens is 314 g/mol. The van der Waals surface area contributed by atoms with Crippen LogP contribution in [0.1, 0.15) is 6.42 Å². The average Bonchev–Trinajstić information content (AvgIpc) is 3.05. The molecule has 6 nitrogen and oxygen atoms in total. The number of sulfonamides is 1. The first-order valence-corrected chi connectivity index (χ1v) is 9.00. The topological polar surface area (TPSA) is 83.7 Å². The third-order valence-corrected chi connectivity index (χ3v) is 6.34. The fourth-order valence-electron chi connectivity index (χ4n) is 3.37. The van der Waals surface area contributed by atoms with E-state index in [-0.39, 0.29) is 23.4 Å². The summed E-state index contributed by atoms with van der Waals surface area (Å²) in [5, 5.41) is 1.56. The van der Waals surface area contributed by atoms with E-state index in [9.17, 15) is 13.2 Å². The maximum atomic E-state index is 12.8. The second kappa shape index (κ2) is 4.94. The summed E-state index contributed by atoms with van der Waals surface area (Å²) in [6, 6.07) is 10.6. The first kappa shape index (κ1) is 14.5. The van der Waals surface area contributed by atoms with Gasteiger partial charge in [-0.15, -0.1) is 0 Å². The summed E-state index contributed by atoms with van der Waals surface area (Å²) in [6.07, 6.45) is 0.758. The van der Waals surface area contributed by atoms with Gasteiger partial charge in [-0.1, -0.05) is 24.3 Å². The van der Waals surface area contributed by atoms with Crippen LogP contribution in [0.2, 0.25) is 0 Å². The van der Waals surface area contributed by atoms with Crippen molar-refractivity contribution in [3.8, 4) is 0 Å². The van der Waals surface area contributed by atoms with Gasteiger partial charge in [-0.3, -0.25) is 9.10 Å². The zero-order chi connectivity index (χ0) is 16.2. The van der Waals surface area contributed by atoms with Crippen LogP contribution in [0.4, 0.5) is 5.69 Å². The smallest absolute Gasteiger partial charge is 0.265 e. The largest absolute Gasteiger partial charge is 0.340 e. The molecule has 0 spiro atoms. The lowest BCUT2D eigenvalue weighted by molar-refractivity contribution is -0.128. The summed E-state index contributed by atoms with van der Waals surface area (Å²) >= 11 is 0. The number of anilines is 1. The van der Waals surface area contributed by atoms with Gasteiger partial charge in [-0.2, -0.15) is 0 Å². The molecule has 0 bridgehead atoms. The standard InChI is InChI=1S/C16H17N3O3S/c17-12-7-8-18(9-12)15(20)10-19-13-5-1-3-11-4-2-6-14(16(11)13)23(19,21)22/h1-6,12H,7-10,17H2. The van der Waals surface area contributed by atoms with Crippen LogP contribution >= 0.6 is 0 Å². The van der Waals surface area contributed by atoms with E-state index >= 15 is 0 Å². The Labute approximate surface area is 134 Å². The quantitative estimate of drug-likeness (QED) is 0.886. The van der Waals surface area contributed by atoms with E-state index in [4.69, 9.17) is 5.73 Å². The number of amides is 1. The molecule has 2 aliphatic rings. The Morgan fingerprint density at radius 1 is 1.22 bits per heavy atom. The Morgan fingerprint density at radius 3 is 2.65 bits per heavy atom. The molecule has 0 radical (unpaired) electrons. The zero-order valence-corrected chi connectivity index (χ0v) is 13.3. The fraction of sp³-hybridized carbons (Fsp3) is 0.312. The minimum Gasteiger partial charge on any atom is -0.340 e. The van der Waals surface area contributed by atoms with Crippen molar-refractivity contribution in [1.82, 2.24) is 4.90 Å². The highest BCUT2D eigenvalue weighted by atomic mass is 32.2. The highest BCUT2D eigenvalue weighted by Crippen LogP contribution is 2.41. The van der Waals surface area contributed by atoms with Crippen molar-refractivity contribution in [2.45, 2.75) is 17.4 Å². The fourth-order valence-corrected chi connectivity index (χ4v) is 5.03. The molecule has 1 atom stereocenters. The molecule has 1 amide bonds. The molecule has 2 heterocycles. The van der Waals surface area contributed by atoms with Crippen LogP contribution in [0.3, 0.4) is 0 Å². The summed E-state index contributed by atoms with van der Waals surface area (Å²) in [7, 11) is -3.68. The van der Waals surface area contributed by atoms with Gasteiger partial charge in [0.2, 0.25) is 5.91 Å². The van der Waals surface area contributed by atoms with Gasteiger partial charge in [0.25, 0.3) is 10.0 Å². The molecule has 0 saturated carbocycles. The van der Waals surface area contributed by atoms with Crippen LogP contribution in [0.25, 0.3) is 10.8 Å². The second-order valence-corrected chi connectivity index (χ2v) is 7.86. The van der Waals surface area contributed by atoms with Gasteiger partial charge in [0.1, 0.15) is 6.54 Å². The predicted molar refractivity (Wildman–Crippen MR) is 87.7 cm³/mol. The number of carbonyl (C=O) groups excluding carboxylic acids is 1. The van der Waals surface area contributed by atoms with Gasteiger partial charge in [0.15, 0.2) is 0 Å². The van der Waals surface area contributed by atoms with Crippen molar-refractivity contribution in [3.05, 3.63) is 36.4 Å². The molecule has 120 valence electrons. The number of likely N-dealkylation sites (tertiary alicyclic amines) is 1. The van der Waals surface area contributed by atoms with Gasteiger partial charge in [0.05, 0.1) is 10.6 Å². The maximum absolute atomic E-state index is 12.8. The minimum atomic E-state index is -3.68. The van der Waals surface area contributed by atoms with Crippen LogP contribution in [0.15, 0.2) is 41.3 Å². The number of carbonyl (C=O) groups is 1. The Balaban J connectivity index is 1.73. The Morgan fingerprint density at radius 2 is 1.96 bits per heavy atom. The van der Waals surface area contributed by atoms with Crippen LogP contribution < -0.4 is 10.0 Å². The molecule has 4 rings (SSSR count). The van der Waals surface area contributed by atoms with Crippen LogP contribution in [-0.4, -0.2) is 44.9 Å². The number of nitrogens with zero attached hydrogens (tertiary/aromatic N) is 2. The van der Waals surface area contributed by atoms with E-state index in [1.807, 2.05) is 18.2 Å². The van der Waals surface area contributed by atoms with Crippen molar-refractivity contribution >= 4 is 32.4 Å². The molecule has 2 aromatic rings. The number of hydrogen-bond acceptors (Lipinski definition) is 4. The van der Waals surface area contributed by atoms with Crippen LogP contribution in [-0.2, 0) is 14.8 Å². The summed E-state index contributed by atoms with van der Waals surface area (Å²) in [6.45, 7) is 0.901. The lowest BCUT2D eigenvalue weighted by Gasteiger charge is -2.22. The molecule has 1 saturated heterocycles. The molecule has 0 aromatic heterocycles. The second-order valence-electron chi connectivity index (χ2n) is 6.03. The summed E-state index contributed by atoms with van der Waals surface area (Å²) < 4.78 is 26.8. The third kappa shape index (κ3) is 2.11. The van der Waals surface area contributed by atoms with Gasteiger partial charge in [0, 0.05) is 24.5 Å². The summed E-state index contributed by atoms with van der Waals surface area (Å²) in [4.78, 5) is 14.4. The van der Waals surface area contributed by atoms with E-state index in [1.54, 1.807) is 23.1 Å². The highest BCUT2D eigenvalue weighted by molar-refractivity contribution is 7.93. The van der Waals surface area contributed by atoms with E-state index in [0.29, 0.717) is 24.2 Å². The molecule has 2 N–H and O–H groups in total. The Bertz CT molecular complexity index is 905. The molecule has 23 heavy (non-hydrogen) atoms. The molecule has 7 heteroatoms. The minimum absolute atomic E-state index is 0.0187. The van der Waals surface area contributed by atoms with Crippen molar-refractivity contribution in [3.63, 3.8) is 0 Å². The van der Waals surface area contributed by atoms with Crippen molar-refractivity contribution < 1.29 is 13.2 Å². The molecule has 0 aliphatic carbocycles. The predicted octanol–water partition coefficient (Wildman–Crippen LogP) is 0.908. The third-order valence-electron chi connectivity index (χ3n) is 4.54. The Kier molecular flexibility index (Phi) is 3.11. The van der Waals surface area contributed by atoms with Gasteiger partial charge >= 0.3 is 0 Å². The van der Waals surface area contributed by atoms with E-state index in [1.165, 1.54) is 4.31 Å². The Hall–Kier alpha value is -2.12. The SMILES string of the molecule is NC1CCN(C(=O)CN2c3cccc4cccc(c34)S2(=O)=O)C1. The van der Waals surface area contributed by atoms with Crippen molar-refractivity contribution in [2.75, 3.05) is 23.9 Å². The molecule has 1 fully saturated rings. The van der Waals surface area contributed by atoms with Gasteiger partial charge in [-0.05, 0) is 23.9 Å². The van der Waals surface area contributed by atoms with Crippen LogP contribution in [0.5, 0.6) is 0 Å². The normalized spacial score (nSPS) is 22.0. The molecule has 2 aliphatic heterocycles. The van der Waals surface area contributed by atoms with Crippen molar-refractivity contribution in [2.24, 2.45) is 5.73 Å². The lowest BCUT2D eigenvalue weighted by atomic mass is 10.1. The number of benzene rings is 2. The summed E-state index contributed by atoms with van der Waals surface area (Å²) in [5.74, 6) is -0.202. The molecular formula is C16H17N3O3S. The maximum Gasteiger partial charge on any atom is 0.265 e. The van der Waals surface area contributed by atoms with E-state index in [0.717, 1.165) is 11.8 Å². The number of hydrogen-bond donors (Lipinski definition) is 1. The van der Waals surface area contributed by atoms with Gasteiger partial charge in [-0.25, -0.2) is 8.42 Å². The number of rotatable bonds is 2. The first-order chi connectivity index (χ1) is 11.0.